The average molecular weight is 457 g/mol. The first-order chi connectivity index (χ1) is 15.9. The molecule has 8 N–H and O–H groups in total. The van der Waals surface area contributed by atoms with Gasteiger partial charge in [0.15, 0.2) is 11.6 Å². The van der Waals surface area contributed by atoms with Crippen LogP contribution in [0.1, 0.15) is 12.1 Å². The molecule has 1 aromatic carbocycles. The van der Waals surface area contributed by atoms with Crippen LogP contribution < -0.4 is 33.1 Å². The van der Waals surface area contributed by atoms with Crippen molar-refractivity contribution in [3.63, 3.8) is 0 Å². The molecule has 10 heteroatoms. The minimum atomic E-state index is -0.922. The highest BCUT2D eigenvalue weighted by Crippen LogP contribution is 2.36. The second kappa shape index (κ2) is 10.9. The van der Waals surface area contributed by atoms with Crippen molar-refractivity contribution in [3.8, 4) is 11.1 Å². The Morgan fingerprint density at radius 3 is 2.70 bits per heavy atom. The first-order valence-electron chi connectivity index (χ1n) is 10.5. The van der Waals surface area contributed by atoms with Gasteiger partial charge in [0.05, 0.1) is 17.1 Å². The zero-order valence-corrected chi connectivity index (χ0v) is 18.4. The summed E-state index contributed by atoms with van der Waals surface area (Å²) in [6.45, 7) is 9.60. The third kappa shape index (κ3) is 5.67. The summed E-state index contributed by atoms with van der Waals surface area (Å²) in [6, 6.07) is 6.59. The summed E-state index contributed by atoms with van der Waals surface area (Å²) in [4.78, 5) is 6.03. The van der Waals surface area contributed by atoms with Gasteiger partial charge >= 0.3 is 0 Å². The Morgan fingerprint density at radius 1 is 1.27 bits per heavy atom. The Balaban J connectivity index is 1.71. The van der Waals surface area contributed by atoms with E-state index in [0.717, 1.165) is 11.4 Å². The SMILES string of the molecule is C=CN(N)CC1CC(=C)N(c2ccc(-c3ccc(CNC/C(=C/N)NN)nc3)c(F)c2F)C1. The lowest BCUT2D eigenvalue weighted by Crippen LogP contribution is -2.32. The molecule has 3 rings (SSSR count). The van der Waals surface area contributed by atoms with Crippen LogP contribution in [0.4, 0.5) is 14.5 Å². The fraction of sp³-hybridized carbons (Fsp3) is 0.261. The third-order valence-electron chi connectivity index (χ3n) is 5.55. The van der Waals surface area contributed by atoms with Gasteiger partial charge in [-0.3, -0.25) is 10.8 Å². The van der Waals surface area contributed by atoms with Crippen LogP contribution in [0.3, 0.4) is 0 Å². The Hall–Kier alpha value is -3.47. The van der Waals surface area contributed by atoms with Gasteiger partial charge in [-0.05, 0) is 24.6 Å². The summed E-state index contributed by atoms with van der Waals surface area (Å²) in [5.41, 5.74) is 10.8. The van der Waals surface area contributed by atoms with Crippen molar-refractivity contribution in [2.45, 2.75) is 13.0 Å². The molecule has 0 aliphatic carbocycles. The first kappa shape index (κ1) is 24.2. The van der Waals surface area contributed by atoms with Crippen LogP contribution in [0, 0.1) is 17.6 Å². The molecule has 0 amide bonds. The van der Waals surface area contributed by atoms with Crippen molar-refractivity contribution in [3.05, 3.63) is 84.7 Å². The number of halogens is 2. The van der Waals surface area contributed by atoms with Crippen LogP contribution in [0.25, 0.3) is 11.1 Å². The number of anilines is 1. The van der Waals surface area contributed by atoms with Crippen LogP contribution in [0.2, 0.25) is 0 Å². The molecule has 1 saturated heterocycles. The van der Waals surface area contributed by atoms with Gasteiger partial charge in [-0.2, -0.15) is 0 Å². The maximum absolute atomic E-state index is 15.0. The van der Waals surface area contributed by atoms with E-state index in [2.05, 4.69) is 28.9 Å². The second-order valence-corrected chi connectivity index (χ2v) is 7.86. The Morgan fingerprint density at radius 2 is 2.06 bits per heavy atom. The molecule has 1 fully saturated rings. The van der Waals surface area contributed by atoms with Crippen LogP contribution in [0.5, 0.6) is 0 Å². The van der Waals surface area contributed by atoms with Crippen molar-refractivity contribution < 1.29 is 8.78 Å². The molecule has 0 radical (unpaired) electrons. The van der Waals surface area contributed by atoms with Gasteiger partial charge in [-0.15, -0.1) is 0 Å². The molecule has 2 aromatic rings. The highest BCUT2D eigenvalue weighted by atomic mass is 19.2. The number of pyridine rings is 1. The number of hydrazine groups is 2. The lowest BCUT2D eigenvalue weighted by molar-refractivity contribution is 0.332. The van der Waals surface area contributed by atoms with Crippen LogP contribution in [0.15, 0.2) is 67.4 Å². The molecule has 33 heavy (non-hydrogen) atoms. The van der Waals surface area contributed by atoms with E-state index in [1.807, 2.05) is 0 Å². The van der Waals surface area contributed by atoms with Crippen molar-refractivity contribution in [2.75, 3.05) is 24.5 Å². The minimum Gasteiger partial charge on any atom is -0.403 e. The molecule has 0 saturated carbocycles. The topological polar surface area (TPSA) is 121 Å². The van der Waals surface area contributed by atoms with Gasteiger partial charge < -0.3 is 26.4 Å². The van der Waals surface area contributed by atoms with E-state index >= 15 is 8.78 Å². The summed E-state index contributed by atoms with van der Waals surface area (Å²) in [5, 5.41) is 4.61. The number of hydrogen-bond donors (Lipinski definition) is 5. The molecule has 8 nitrogen and oxygen atoms in total. The number of aromatic nitrogens is 1. The lowest BCUT2D eigenvalue weighted by atomic mass is 10.1. The van der Waals surface area contributed by atoms with Gasteiger partial charge in [-0.1, -0.05) is 19.2 Å². The predicted octanol–water partition coefficient (Wildman–Crippen LogP) is 2.04. The van der Waals surface area contributed by atoms with E-state index in [1.165, 1.54) is 23.6 Å². The fourth-order valence-electron chi connectivity index (χ4n) is 3.80. The van der Waals surface area contributed by atoms with Gasteiger partial charge in [0, 0.05) is 67.5 Å². The molecule has 1 unspecified atom stereocenters. The monoisotopic (exact) mass is 456 g/mol. The quantitative estimate of drug-likeness (QED) is 0.272. The number of rotatable bonds is 10. The number of allylic oxidation sites excluding steroid dienone is 1. The summed E-state index contributed by atoms with van der Waals surface area (Å²) in [7, 11) is 0. The standard InChI is InChI=1S/C23H30F2N8/c1-3-32(28)13-16-8-15(2)33(14-16)21-7-6-20(22(24)23(21)25)17-4-5-18(30-10-17)11-29-12-19(9-26)31-27/h3-7,9-10,16,29,31H,1-2,8,11-14,26-28H2/b19-9-. The minimum absolute atomic E-state index is 0.144. The first-order valence-corrected chi connectivity index (χ1v) is 10.5. The summed E-state index contributed by atoms with van der Waals surface area (Å²) >= 11 is 0. The normalized spacial score (nSPS) is 16.2. The molecule has 0 bridgehead atoms. The van der Waals surface area contributed by atoms with Gasteiger partial charge in [0.2, 0.25) is 0 Å². The Kier molecular flexibility index (Phi) is 7.99. The van der Waals surface area contributed by atoms with Crippen LogP contribution >= 0.6 is 0 Å². The number of nitrogens with zero attached hydrogens (tertiary/aromatic N) is 3. The molecule has 1 aliphatic rings. The van der Waals surface area contributed by atoms with Crippen molar-refractivity contribution in [1.29, 1.82) is 0 Å². The van der Waals surface area contributed by atoms with Crippen LogP contribution in [-0.4, -0.2) is 29.6 Å². The maximum atomic E-state index is 15.0. The highest BCUT2D eigenvalue weighted by Gasteiger charge is 2.30. The van der Waals surface area contributed by atoms with Crippen LogP contribution in [-0.2, 0) is 6.54 Å². The van der Waals surface area contributed by atoms with E-state index in [0.29, 0.717) is 43.9 Å². The van der Waals surface area contributed by atoms with Gasteiger partial charge in [0.25, 0.3) is 0 Å². The second-order valence-electron chi connectivity index (χ2n) is 7.86. The Labute approximate surface area is 192 Å². The van der Waals surface area contributed by atoms with Gasteiger partial charge in [0.1, 0.15) is 0 Å². The molecular weight excluding hydrogens is 426 g/mol. The van der Waals surface area contributed by atoms with E-state index in [1.54, 1.807) is 29.2 Å². The third-order valence-corrected chi connectivity index (χ3v) is 5.55. The lowest BCUT2D eigenvalue weighted by Gasteiger charge is -2.22. The van der Waals surface area contributed by atoms with E-state index in [9.17, 15) is 0 Å². The van der Waals surface area contributed by atoms with Gasteiger partial charge in [-0.25, -0.2) is 14.6 Å². The molecule has 2 heterocycles. The number of nitrogens with two attached hydrogens (primary N) is 3. The van der Waals surface area contributed by atoms with Crippen molar-refractivity contribution in [1.82, 2.24) is 20.7 Å². The molecule has 1 atom stereocenters. The largest absolute Gasteiger partial charge is 0.403 e. The van der Waals surface area contributed by atoms with E-state index in [-0.39, 0.29) is 17.2 Å². The maximum Gasteiger partial charge on any atom is 0.183 e. The number of hydrogen-bond acceptors (Lipinski definition) is 8. The van der Waals surface area contributed by atoms with E-state index in [4.69, 9.17) is 17.4 Å². The molecule has 176 valence electrons. The zero-order valence-electron chi connectivity index (χ0n) is 18.4. The average Bonchev–Trinajstić information content (AvgIpc) is 3.18. The number of benzene rings is 1. The van der Waals surface area contributed by atoms with E-state index < -0.39 is 11.6 Å². The molecule has 1 aliphatic heterocycles. The zero-order chi connectivity index (χ0) is 24.0. The Bertz CT molecular complexity index is 1020. The molecular formula is C23H30F2N8. The fourth-order valence-corrected chi connectivity index (χ4v) is 3.80. The summed E-state index contributed by atoms with van der Waals surface area (Å²) < 4.78 is 30.1. The van der Waals surface area contributed by atoms with Crippen molar-refractivity contribution >= 4 is 5.69 Å². The highest BCUT2D eigenvalue weighted by molar-refractivity contribution is 5.68. The smallest absolute Gasteiger partial charge is 0.183 e. The van der Waals surface area contributed by atoms with Crippen molar-refractivity contribution in [2.24, 2.45) is 23.3 Å². The molecule has 0 spiro atoms. The summed E-state index contributed by atoms with van der Waals surface area (Å²) in [5.74, 6) is 9.43. The number of nitrogens with one attached hydrogen (secondary N) is 2. The predicted molar refractivity (Wildman–Crippen MR) is 127 cm³/mol. The summed E-state index contributed by atoms with van der Waals surface area (Å²) in [6.07, 6.45) is 5.07. The molecule has 1 aromatic heterocycles.